The van der Waals surface area contributed by atoms with Crippen LogP contribution in [0.2, 0.25) is 0 Å². The van der Waals surface area contributed by atoms with Gasteiger partial charge in [-0.25, -0.2) is 9.97 Å². The number of rotatable bonds is 4. The summed E-state index contributed by atoms with van der Waals surface area (Å²) in [6.07, 6.45) is 8.96. The molecule has 5 rings (SSSR count). The van der Waals surface area contributed by atoms with E-state index in [0.29, 0.717) is 11.7 Å². The minimum atomic E-state index is 0.209. The van der Waals surface area contributed by atoms with Crippen LogP contribution in [0.5, 0.6) is 0 Å². The molecule has 6 heteroatoms. The number of amides is 1. The summed E-state index contributed by atoms with van der Waals surface area (Å²) in [6.45, 7) is 1.57. The lowest BCUT2D eigenvalue weighted by Crippen LogP contribution is -2.35. The summed E-state index contributed by atoms with van der Waals surface area (Å²) in [4.78, 5) is 28.5. The number of aromatic nitrogens is 3. The van der Waals surface area contributed by atoms with Gasteiger partial charge in [0.1, 0.15) is 5.82 Å². The average molecular weight is 387 g/mol. The Kier molecular flexibility index (Phi) is 4.84. The second-order valence-electron chi connectivity index (χ2n) is 8.05. The van der Waals surface area contributed by atoms with Crippen LogP contribution in [0.3, 0.4) is 0 Å². The third-order valence-corrected chi connectivity index (χ3v) is 6.07. The maximum Gasteiger partial charge on any atom is 0.225 e. The highest BCUT2D eigenvalue weighted by Gasteiger charge is 2.32. The molecule has 148 valence electrons. The molecule has 1 unspecified atom stereocenters. The number of likely N-dealkylation sites (tertiary alicyclic amines) is 1. The Morgan fingerprint density at radius 2 is 1.90 bits per heavy atom. The van der Waals surface area contributed by atoms with Gasteiger partial charge in [0.25, 0.3) is 0 Å². The van der Waals surface area contributed by atoms with Gasteiger partial charge in [-0.05, 0) is 43.5 Å². The van der Waals surface area contributed by atoms with Gasteiger partial charge < -0.3 is 10.2 Å². The van der Waals surface area contributed by atoms with Crippen molar-refractivity contribution in [3.8, 4) is 11.4 Å². The van der Waals surface area contributed by atoms with Crippen molar-refractivity contribution in [3.05, 3.63) is 48.8 Å². The Balaban J connectivity index is 1.39. The molecule has 6 nitrogen and oxygen atoms in total. The van der Waals surface area contributed by atoms with E-state index in [1.807, 2.05) is 41.3 Å². The number of para-hydroxylation sites is 1. The lowest BCUT2D eigenvalue weighted by Gasteiger charge is -2.21. The maximum atomic E-state index is 12.8. The standard InChI is InChI=1S/C23H25N5O/c29-23(16-6-1-2-7-16)28-13-11-18(15-28)25-22-19-9-3-4-10-20(19)26-21(27-22)17-8-5-12-24-14-17/h3-5,8-10,12,14,16,18H,1-2,6-7,11,13,15H2,(H,25,26,27). The van der Waals surface area contributed by atoms with Crippen molar-refractivity contribution >= 4 is 22.6 Å². The van der Waals surface area contributed by atoms with Crippen LogP contribution in [0.25, 0.3) is 22.3 Å². The van der Waals surface area contributed by atoms with Crippen LogP contribution in [0.15, 0.2) is 48.8 Å². The van der Waals surface area contributed by atoms with Crippen molar-refractivity contribution < 1.29 is 4.79 Å². The molecule has 2 aromatic heterocycles. The first-order valence-electron chi connectivity index (χ1n) is 10.5. The molecule has 1 atom stereocenters. The van der Waals surface area contributed by atoms with Crippen molar-refractivity contribution in [1.29, 1.82) is 0 Å². The topological polar surface area (TPSA) is 71.0 Å². The molecule has 0 bridgehead atoms. The molecular weight excluding hydrogens is 362 g/mol. The number of hydrogen-bond acceptors (Lipinski definition) is 5. The zero-order valence-electron chi connectivity index (χ0n) is 16.4. The number of nitrogens with zero attached hydrogens (tertiary/aromatic N) is 4. The number of carbonyl (C=O) groups is 1. The third-order valence-electron chi connectivity index (χ3n) is 6.07. The van der Waals surface area contributed by atoms with Gasteiger partial charge in [-0.1, -0.05) is 25.0 Å². The summed E-state index contributed by atoms with van der Waals surface area (Å²) in [5.74, 6) is 2.08. The van der Waals surface area contributed by atoms with Crippen LogP contribution >= 0.6 is 0 Å². The molecule has 0 radical (unpaired) electrons. The molecule has 1 saturated carbocycles. The van der Waals surface area contributed by atoms with Gasteiger partial charge in [-0.15, -0.1) is 0 Å². The van der Waals surface area contributed by atoms with Crippen molar-refractivity contribution in [1.82, 2.24) is 19.9 Å². The van der Waals surface area contributed by atoms with Crippen molar-refractivity contribution in [2.75, 3.05) is 18.4 Å². The van der Waals surface area contributed by atoms with Gasteiger partial charge in [0.2, 0.25) is 5.91 Å². The lowest BCUT2D eigenvalue weighted by molar-refractivity contribution is -0.134. The summed E-state index contributed by atoms with van der Waals surface area (Å²) in [7, 11) is 0. The second-order valence-corrected chi connectivity index (χ2v) is 8.05. The Hall–Kier alpha value is -3.02. The predicted octanol–water partition coefficient (Wildman–Crippen LogP) is 3.89. The van der Waals surface area contributed by atoms with E-state index in [4.69, 9.17) is 9.97 Å². The van der Waals surface area contributed by atoms with Gasteiger partial charge in [0, 0.05) is 48.4 Å². The molecular formula is C23H25N5O. The monoisotopic (exact) mass is 387 g/mol. The molecule has 3 aromatic rings. The smallest absolute Gasteiger partial charge is 0.225 e. The second kappa shape index (κ2) is 7.78. The molecule has 0 spiro atoms. The molecule has 1 amide bonds. The summed E-state index contributed by atoms with van der Waals surface area (Å²) in [5, 5.41) is 4.60. The number of pyridine rings is 1. The Morgan fingerprint density at radius 1 is 1.03 bits per heavy atom. The molecule has 3 heterocycles. The van der Waals surface area contributed by atoms with Crippen LogP contribution < -0.4 is 5.32 Å². The number of fused-ring (bicyclic) bond motifs is 1. The molecule has 1 aliphatic heterocycles. The lowest BCUT2D eigenvalue weighted by atomic mass is 10.1. The summed E-state index contributed by atoms with van der Waals surface area (Å²) >= 11 is 0. The van der Waals surface area contributed by atoms with E-state index in [2.05, 4.69) is 10.3 Å². The zero-order valence-corrected chi connectivity index (χ0v) is 16.4. The predicted molar refractivity (Wildman–Crippen MR) is 113 cm³/mol. The highest BCUT2D eigenvalue weighted by atomic mass is 16.2. The van der Waals surface area contributed by atoms with E-state index in [9.17, 15) is 4.79 Å². The average Bonchev–Trinajstić information content (AvgIpc) is 3.46. The van der Waals surface area contributed by atoms with E-state index in [0.717, 1.165) is 54.6 Å². The minimum Gasteiger partial charge on any atom is -0.365 e. The van der Waals surface area contributed by atoms with Crippen LogP contribution in [0, 0.1) is 5.92 Å². The molecule has 1 aliphatic carbocycles. The van der Waals surface area contributed by atoms with Crippen LogP contribution in [-0.2, 0) is 4.79 Å². The minimum absolute atomic E-state index is 0.209. The maximum absolute atomic E-state index is 12.8. The fourth-order valence-electron chi connectivity index (χ4n) is 4.51. The van der Waals surface area contributed by atoms with Crippen molar-refractivity contribution in [2.45, 2.75) is 38.1 Å². The number of benzene rings is 1. The first-order chi connectivity index (χ1) is 14.3. The van der Waals surface area contributed by atoms with Gasteiger partial charge >= 0.3 is 0 Å². The van der Waals surface area contributed by atoms with Gasteiger partial charge in [0.15, 0.2) is 5.82 Å². The van der Waals surface area contributed by atoms with Gasteiger partial charge in [0.05, 0.1) is 5.52 Å². The van der Waals surface area contributed by atoms with Crippen molar-refractivity contribution in [2.24, 2.45) is 5.92 Å². The Bertz CT molecular complexity index is 1020. The Morgan fingerprint density at radius 3 is 2.72 bits per heavy atom. The summed E-state index contributed by atoms with van der Waals surface area (Å²) in [5.41, 5.74) is 1.80. The third kappa shape index (κ3) is 3.67. The van der Waals surface area contributed by atoms with E-state index in [1.54, 1.807) is 12.4 Å². The van der Waals surface area contributed by atoms with Crippen LogP contribution in [0.1, 0.15) is 32.1 Å². The number of anilines is 1. The first kappa shape index (κ1) is 18.0. The number of carbonyl (C=O) groups excluding carboxylic acids is 1. The molecule has 1 N–H and O–H groups in total. The van der Waals surface area contributed by atoms with E-state index >= 15 is 0 Å². The van der Waals surface area contributed by atoms with Gasteiger partial charge in [-0.2, -0.15) is 0 Å². The number of hydrogen-bond donors (Lipinski definition) is 1. The molecule has 29 heavy (non-hydrogen) atoms. The highest BCUT2D eigenvalue weighted by Crippen LogP contribution is 2.29. The van der Waals surface area contributed by atoms with E-state index < -0.39 is 0 Å². The molecule has 2 aliphatic rings. The summed E-state index contributed by atoms with van der Waals surface area (Å²) in [6, 6.07) is 12.1. The van der Waals surface area contributed by atoms with Gasteiger partial charge in [-0.3, -0.25) is 9.78 Å². The van der Waals surface area contributed by atoms with Crippen LogP contribution in [-0.4, -0.2) is 44.9 Å². The Labute approximate surface area is 170 Å². The SMILES string of the molecule is O=C(C1CCCC1)N1CCC(Nc2nc(-c3cccnc3)nc3ccccc23)C1. The van der Waals surface area contributed by atoms with Crippen molar-refractivity contribution in [3.63, 3.8) is 0 Å². The summed E-state index contributed by atoms with van der Waals surface area (Å²) < 4.78 is 0. The molecule has 1 aromatic carbocycles. The van der Waals surface area contributed by atoms with E-state index in [1.165, 1.54) is 12.8 Å². The molecule has 2 fully saturated rings. The zero-order chi connectivity index (χ0) is 19.6. The molecule has 1 saturated heterocycles. The highest BCUT2D eigenvalue weighted by molar-refractivity contribution is 5.90. The normalized spacial score (nSPS) is 19.7. The fraction of sp³-hybridized carbons (Fsp3) is 0.391. The van der Waals surface area contributed by atoms with Crippen LogP contribution in [0.4, 0.5) is 5.82 Å². The first-order valence-corrected chi connectivity index (χ1v) is 10.5. The number of nitrogens with one attached hydrogen (secondary N) is 1. The van der Waals surface area contributed by atoms with E-state index in [-0.39, 0.29) is 12.0 Å². The quantitative estimate of drug-likeness (QED) is 0.735. The fourth-order valence-corrected chi connectivity index (χ4v) is 4.51. The largest absolute Gasteiger partial charge is 0.365 e.